The predicted molar refractivity (Wildman–Crippen MR) is 72.9 cm³/mol. The summed E-state index contributed by atoms with van der Waals surface area (Å²) in [4.78, 5) is 12.5. The van der Waals surface area contributed by atoms with Gasteiger partial charge in [0.25, 0.3) is 0 Å². The van der Waals surface area contributed by atoms with Gasteiger partial charge in [-0.3, -0.25) is 4.79 Å². The van der Waals surface area contributed by atoms with Crippen molar-refractivity contribution < 1.29 is 9.18 Å². The second-order valence-electron chi connectivity index (χ2n) is 5.02. The second-order valence-corrected chi connectivity index (χ2v) is 5.02. The average molecular weight is 254 g/mol. The predicted octanol–water partition coefficient (Wildman–Crippen LogP) is 4.32. The Morgan fingerprint density at radius 1 is 0.947 bits per heavy atom. The first-order valence-corrected chi connectivity index (χ1v) is 6.65. The van der Waals surface area contributed by atoms with Gasteiger partial charge in [0.1, 0.15) is 5.82 Å². The standard InChI is InChI=1S/C17H15FO/c18-16-11-4-3-10-15(16)17(19)14-9-2-1-8-13(14)12-6-5-7-12/h1-4,8-12H,5-7H2. The number of rotatable bonds is 3. The lowest BCUT2D eigenvalue weighted by atomic mass is 9.77. The molecule has 0 saturated heterocycles. The maximum absolute atomic E-state index is 13.7. The Morgan fingerprint density at radius 2 is 1.58 bits per heavy atom. The molecule has 1 saturated carbocycles. The Bertz CT molecular complexity index is 614. The third kappa shape index (κ3) is 2.19. The summed E-state index contributed by atoms with van der Waals surface area (Å²) in [5.41, 5.74) is 1.88. The van der Waals surface area contributed by atoms with Crippen LogP contribution in [0.3, 0.4) is 0 Å². The Kier molecular flexibility index (Phi) is 3.16. The largest absolute Gasteiger partial charge is 0.288 e. The third-order valence-electron chi connectivity index (χ3n) is 3.87. The fourth-order valence-corrected chi connectivity index (χ4v) is 2.57. The van der Waals surface area contributed by atoms with E-state index in [4.69, 9.17) is 0 Å². The lowest BCUT2D eigenvalue weighted by Gasteiger charge is -2.27. The molecule has 0 unspecified atom stereocenters. The summed E-state index contributed by atoms with van der Waals surface area (Å²) in [6.45, 7) is 0. The first-order chi connectivity index (χ1) is 9.27. The van der Waals surface area contributed by atoms with Crippen molar-refractivity contribution in [1.82, 2.24) is 0 Å². The number of ketones is 1. The molecule has 0 N–H and O–H groups in total. The highest BCUT2D eigenvalue weighted by Crippen LogP contribution is 2.38. The fourth-order valence-electron chi connectivity index (χ4n) is 2.57. The quantitative estimate of drug-likeness (QED) is 0.745. The van der Waals surface area contributed by atoms with Gasteiger partial charge in [-0.25, -0.2) is 4.39 Å². The summed E-state index contributed by atoms with van der Waals surface area (Å²) < 4.78 is 13.7. The number of hydrogen-bond acceptors (Lipinski definition) is 1. The minimum absolute atomic E-state index is 0.161. The van der Waals surface area contributed by atoms with Gasteiger partial charge in [-0.1, -0.05) is 42.8 Å². The molecule has 0 aromatic heterocycles. The molecular weight excluding hydrogens is 239 g/mol. The Balaban J connectivity index is 2.02. The van der Waals surface area contributed by atoms with Crippen molar-refractivity contribution in [2.45, 2.75) is 25.2 Å². The smallest absolute Gasteiger partial charge is 0.196 e. The molecule has 0 aliphatic heterocycles. The molecule has 1 nitrogen and oxygen atoms in total. The van der Waals surface area contributed by atoms with Crippen molar-refractivity contribution >= 4 is 5.78 Å². The molecule has 0 atom stereocenters. The van der Waals surface area contributed by atoms with Gasteiger partial charge in [-0.05, 0) is 36.5 Å². The van der Waals surface area contributed by atoms with Crippen molar-refractivity contribution in [2.24, 2.45) is 0 Å². The topological polar surface area (TPSA) is 17.1 Å². The third-order valence-corrected chi connectivity index (χ3v) is 3.87. The molecule has 0 amide bonds. The number of halogens is 1. The van der Waals surface area contributed by atoms with Crippen molar-refractivity contribution in [3.8, 4) is 0 Å². The molecule has 0 radical (unpaired) electrons. The van der Waals surface area contributed by atoms with Gasteiger partial charge in [0.2, 0.25) is 0 Å². The van der Waals surface area contributed by atoms with Crippen molar-refractivity contribution in [3.63, 3.8) is 0 Å². The highest BCUT2D eigenvalue weighted by atomic mass is 19.1. The van der Waals surface area contributed by atoms with E-state index in [1.807, 2.05) is 24.3 Å². The van der Waals surface area contributed by atoms with Crippen molar-refractivity contribution in [3.05, 3.63) is 71.0 Å². The summed E-state index contributed by atoms with van der Waals surface area (Å²) in [5.74, 6) is -0.191. The minimum atomic E-state index is -0.448. The molecule has 0 heterocycles. The van der Waals surface area contributed by atoms with Crippen LogP contribution in [0.25, 0.3) is 0 Å². The Labute approximate surface area is 112 Å². The van der Waals surface area contributed by atoms with Crippen LogP contribution in [0.1, 0.15) is 46.7 Å². The highest BCUT2D eigenvalue weighted by Gasteiger charge is 2.25. The fraction of sp³-hybridized carbons (Fsp3) is 0.235. The first-order valence-electron chi connectivity index (χ1n) is 6.65. The lowest BCUT2D eigenvalue weighted by molar-refractivity contribution is 0.103. The zero-order chi connectivity index (χ0) is 13.2. The van der Waals surface area contributed by atoms with E-state index in [2.05, 4.69) is 0 Å². The van der Waals surface area contributed by atoms with Gasteiger partial charge in [-0.15, -0.1) is 0 Å². The van der Waals surface area contributed by atoms with E-state index >= 15 is 0 Å². The maximum Gasteiger partial charge on any atom is 0.196 e. The molecule has 1 fully saturated rings. The lowest BCUT2D eigenvalue weighted by Crippen LogP contribution is -2.15. The van der Waals surface area contributed by atoms with Crippen LogP contribution in [-0.4, -0.2) is 5.78 Å². The van der Waals surface area contributed by atoms with E-state index in [-0.39, 0.29) is 11.3 Å². The highest BCUT2D eigenvalue weighted by molar-refractivity contribution is 6.10. The molecule has 19 heavy (non-hydrogen) atoms. The van der Waals surface area contributed by atoms with Crippen LogP contribution in [0.2, 0.25) is 0 Å². The van der Waals surface area contributed by atoms with E-state index < -0.39 is 5.82 Å². The molecule has 1 aliphatic rings. The van der Waals surface area contributed by atoms with Gasteiger partial charge in [0.05, 0.1) is 5.56 Å². The normalized spacial score (nSPS) is 15.0. The molecule has 2 aromatic carbocycles. The number of benzene rings is 2. The summed E-state index contributed by atoms with van der Waals surface area (Å²) >= 11 is 0. The zero-order valence-corrected chi connectivity index (χ0v) is 10.6. The van der Waals surface area contributed by atoms with E-state index in [0.29, 0.717) is 11.5 Å². The number of hydrogen-bond donors (Lipinski definition) is 0. The minimum Gasteiger partial charge on any atom is -0.288 e. The van der Waals surface area contributed by atoms with E-state index in [0.717, 1.165) is 18.4 Å². The molecule has 0 bridgehead atoms. The van der Waals surface area contributed by atoms with E-state index in [1.54, 1.807) is 18.2 Å². The zero-order valence-electron chi connectivity index (χ0n) is 10.6. The second kappa shape index (κ2) is 4.96. The van der Waals surface area contributed by atoms with Crippen molar-refractivity contribution in [1.29, 1.82) is 0 Å². The van der Waals surface area contributed by atoms with Crippen LogP contribution in [0, 0.1) is 5.82 Å². The molecule has 3 rings (SSSR count). The van der Waals surface area contributed by atoms with Crippen LogP contribution in [0.4, 0.5) is 4.39 Å². The first kappa shape index (κ1) is 12.1. The summed E-state index contributed by atoms with van der Waals surface area (Å²) in [6, 6.07) is 13.8. The van der Waals surface area contributed by atoms with Crippen LogP contribution < -0.4 is 0 Å². The van der Waals surface area contributed by atoms with Gasteiger partial charge in [-0.2, -0.15) is 0 Å². The molecular formula is C17H15FO. The molecule has 96 valence electrons. The number of carbonyl (C=O) groups is 1. The van der Waals surface area contributed by atoms with Crippen molar-refractivity contribution in [2.75, 3.05) is 0 Å². The van der Waals surface area contributed by atoms with Crippen LogP contribution >= 0.6 is 0 Å². The Morgan fingerprint density at radius 3 is 2.21 bits per heavy atom. The van der Waals surface area contributed by atoms with E-state index in [1.165, 1.54) is 12.5 Å². The summed E-state index contributed by atoms with van der Waals surface area (Å²) in [6.07, 6.45) is 3.47. The van der Waals surface area contributed by atoms with Crippen LogP contribution in [0.15, 0.2) is 48.5 Å². The molecule has 2 heteroatoms. The summed E-state index contributed by atoms with van der Waals surface area (Å²) in [7, 11) is 0. The number of carbonyl (C=O) groups excluding carboxylic acids is 1. The Hall–Kier alpha value is -1.96. The van der Waals surface area contributed by atoms with E-state index in [9.17, 15) is 9.18 Å². The van der Waals surface area contributed by atoms with Gasteiger partial charge in [0.15, 0.2) is 5.78 Å². The van der Waals surface area contributed by atoms with Gasteiger partial charge >= 0.3 is 0 Å². The SMILES string of the molecule is O=C(c1ccccc1F)c1ccccc1C1CCC1. The van der Waals surface area contributed by atoms with Gasteiger partial charge < -0.3 is 0 Å². The van der Waals surface area contributed by atoms with Gasteiger partial charge in [0, 0.05) is 5.56 Å². The van der Waals surface area contributed by atoms with Crippen LogP contribution in [0.5, 0.6) is 0 Å². The average Bonchev–Trinajstić information content (AvgIpc) is 2.37. The molecule has 1 aliphatic carbocycles. The van der Waals surface area contributed by atoms with Crippen LogP contribution in [-0.2, 0) is 0 Å². The maximum atomic E-state index is 13.7. The molecule has 2 aromatic rings. The molecule has 0 spiro atoms. The summed E-state index contributed by atoms with van der Waals surface area (Å²) in [5, 5.41) is 0. The monoisotopic (exact) mass is 254 g/mol.